The first-order valence-corrected chi connectivity index (χ1v) is 15.3. The Morgan fingerprint density at radius 3 is 2.16 bits per heavy atom. The number of rotatable bonds is 2. The fourth-order valence-electron chi connectivity index (χ4n) is 5.46. The van der Waals surface area contributed by atoms with Gasteiger partial charge in [-0.15, -0.1) is 0 Å². The van der Waals surface area contributed by atoms with Gasteiger partial charge in [0.15, 0.2) is 5.78 Å². The highest BCUT2D eigenvalue weighted by Crippen LogP contribution is 2.47. The minimum Gasteiger partial charge on any atom is -0.507 e. The first kappa shape index (κ1) is 36.7. The Hall–Kier alpha value is -6.11. The van der Waals surface area contributed by atoms with Crippen LogP contribution in [0.2, 0.25) is 0 Å². The van der Waals surface area contributed by atoms with E-state index in [1.807, 2.05) is 0 Å². The number of amides is 1. The number of phenolic OH excluding ortho intramolecular Hbond substituents is 1. The SMILES string of the molecule is COC1=C(C)\C(OC(C)=O)=C(C)/C(O)=C(C)\C(O)=C(C)/C=C\C=C(\C)C(=O)NC2=CC(=O)c3c(c(O)c(C)c4c3C(=O)C(C)(O/C=C\1)O4)C2=O. The average Bonchev–Trinajstić information content (AvgIpc) is 3.33. The molecule has 0 fully saturated rings. The molecule has 4 N–H and O–H groups in total. The van der Waals surface area contributed by atoms with E-state index in [0.29, 0.717) is 5.57 Å². The van der Waals surface area contributed by atoms with Crippen molar-refractivity contribution in [2.24, 2.45) is 0 Å². The number of ketones is 3. The van der Waals surface area contributed by atoms with Gasteiger partial charge in [0.2, 0.25) is 5.78 Å². The molecule has 13 heteroatoms. The number of hydrogen-bond donors (Lipinski definition) is 4. The predicted molar refractivity (Wildman–Crippen MR) is 179 cm³/mol. The van der Waals surface area contributed by atoms with Crippen molar-refractivity contribution in [1.29, 1.82) is 0 Å². The maximum absolute atomic E-state index is 13.8. The molecule has 0 saturated carbocycles. The lowest BCUT2D eigenvalue weighted by atomic mass is 9.84. The van der Waals surface area contributed by atoms with Crippen LogP contribution in [0.15, 0.2) is 93.2 Å². The van der Waals surface area contributed by atoms with E-state index in [1.165, 1.54) is 73.0 Å². The molecule has 0 spiro atoms. The van der Waals surface area contributed by atoms with Crippen molar-refractivity contribution in [3.05, 3.63) is 115 Å². The van der Waals surface area contributed by atoms with Gasteiger partial charge in [-0.1, -0.05) is 18.2 Å². The number of carbonyl (C=O) groups excluding carboxylic acids is 5. The lowest BCUT2D eigenvalue weighted by Crippen LogP contribution is -2.38. The van der Waals surface area contributed by atoms with Crippen LogP contribution >= 0.6 is 0 Å². The molecule has 1 atom stereocenters. The summed E-state index contributed by atoms with van der Waals surface area (Å²) in [7, 11) is 1.32. The van der Waals surface area contributed by atoms with E-state index in [9.17, 15) is 39.3 Å². The monoisotopic (exact) mass is 687 g/mol. The first-order valence-electron chi connectivity index (χ1n) is 15.3. The number of nitrogens with one attached hydrogen (secondary N) is 1. The Kier molecular flexibility index (Phi) is 10.1. The molecule has 1 aromatic rings. The van der Waals surface area contributed by atoms with Crippen LogP contribution in [0.4, 0.5) is 0 Å². The first-order chi connectivity index (χ1) is 23.4. The van der Waals surface area contributed by atoms with E-state index >= 15 is 0 Å². The van der Waals surface area contributed by atoms with E-state index in [0.717, 1.165) is 19.3 Å². The number of methoxy groups -OCH3 is 1. The molecule has 50 heavy (non-hydrogen) atoms. The van der Waals surface area contributed by atoms with Crippen molar-refractivity contribution in [2.45, 2.75) is 61.2 Å². The number of aliphatic hydroxyl groups excluding tert-OH is 2. The number of carbonyl (C=O) groups is 5. The number of esters is 1. The summed E-state index contributed by atoms with van der Waals surface area (Å²) < 4.78 is 22.6. The Morgan fingerprint density at radius 1 is 0.880 bits per heavy atom. The van der Waals surface area contributed by atoms with Crippen LogP contribution < -0.4 is 10.1 Å². The van der Waals surface area contributed by atoms with Gasteiger partial charge in [-0.3, -0.25) is 24.0 Å². The van der Waals surface area contributed by atoms with E-state index in [1.54, 1.807) is 6.92 Å². The third-order valence-electron chi connectivity index (χ3n) is 8.36. The highest BCUT2D eigenvalue weighted by Gasteiger charge is 2.51. The third-order valence-corrected chi connectivity index (χ3v) is 8.36. The minimum absolute atomic E-state index is 0.0151. The number of hydrogen-bond acceptors (Lipinski definition) is 12. The summed E-state index contributed by atoms with van der Waals surface area (Å²) >= 11 is 0. The molecule has 1 unspecified atom stereocenters. The molecule has 5 bridgehead atoms. The summed E-state index contributed by atoms with van der Waals surface area (Å²) in [5.74, 6) is -7.64. The Balaban J connectivity index is 1.98. The van der Waals surface area contributed by atoms with Crippen LogP contribution in [-0.2, 0) is 23.8 Å². The Bertz CT molecular complexity index is 2030. The van der Waals surface area contributed by atoms with Crippen LogP contribution in [0.25, 0.3) is 0 Å². The zero-order valence-electron chi connectivity index (χ0n) is 29.0. The Morgan fingerprint density at radius 2 is 1.54 bits per heavy atom. The molecule has 13 nitrogen and oxygen atoms in total. The molecular weight excluding hydrogens is 650 g/mol. The fraction of sp³-hybridized carbons (Fsp3) is 0.270. The average molecular weight is 688 g/mol. The van der Waals surface area contributed by atoms with Gasteiger partial charge < -0.3 is 39.6 Å². The van der Waals surface area contributed by atoms with Gasteiger partial charge in [-0.2, -0.15) is 0 Å². The van der Waals surface area contributed by atoms with Crippen LogP contribution in [0.1, 0.15) is 85.1 Å². The normalized spacial score (nSPS) is 28.6. The van der Waals surface area contributed by atoms with Gasteiger partial charge in [0.05, 0.1) is 35.8 Å². The number of allylic oxidation sites excluding steroid dienone is 10. The third kappa shape index (κ3) is 6.49. The van der Waals surface area contributed by atoms with E-state index in [2.05, 4.69) is 5.32 Å². The van der Waals surface area contributed by atoms with Crippen molar-refractivity contribution in [2.75, 3.05) is 7.11 Å². The molecule has 0 saturated heterocycles. The van der Waals surface area contributed by atoms with Gasteiger partial charge >= 0.3 is 11.8 Å². The Labute approximate surface area is 287 Å². The lowest BCUT2D eigenvalue weighted by molar-refractivity contribution is -0.136. The maximum atomic E-state index is 13.8. The van der Waals surface area contributed by atoms with Gasteiger partial charge in [0.25, 0.3) is 11.7 Å². The van der Waals surface area contributed by atoms with Crippen molar-refractivity contribution < 1.29 is 58.2 Å². The number of aliphatic hydroxyl groups is 2. The van der Waals surface area contributed by atoms with Gasteiger partial charge in [-0.05, 0) is 47.1 Å². The summed E-state index contributed by atoms with van der Waals surface area (Å²) in [6.45, 7) is 11.3. The molecule has 0 radical (unpaired) electrons. The fourth-order valence-corrected chi connectivity index (χ4v) is 5.46. The molecular formula is C37H37NO12. The van der Waals surface area contributed by atoms with E-state index < -0.39 is 63.3 Å². The zero-order valence-corrected chi connectivity index (χ0v) is 29.0. The van der Waals surface area contributed by atoms with Gasteiger partial charge in [0, 0.05) is 53.9 Å². The second-order valence-corrected chi connectivity index (χ2v) is 11.9. The predicted octanol–water partition coefficient (Wildman–Crippen LogP) is 5.84. The quantitative estimate of drug-likeness (QED) is 0.272. The second kappa shape index (κ2) is 13.8. The molecule has 3 heterocycles. The summed E-state index contributed by atoms with van der Waals surface area (Å²) in [4.78, 5) is 66.0. The molecule has 3 aliphatic heterocycles. The maximum Gasteiger partial charge on any atom is 0.312 e. The summed E-state index contributed by atoms with van der Waals surface area (Å²) in [6, 6.07) is 0. The van der Waals surface area contributed by atoms with Gasteiger partial charge in [-0.25, -0.2) is 0 Å². The summed E-state index contributed by atoms with van der Waals surface area (Å²) in [5, 5.41) is 35.6. The standard InChI is InChI=1S/C37H37NO12/c1-16-11-10-12-17(2)36(46)38-23-15-24(40)26-27(32(23)44)31(43)21(6)34-28(26)35(45)37(8,50-34)48-14-13-25(47-9)18(3)33(49-22(7)39)20(5)30(42)19(4)29(16)41/h10-15,41-43H,1-9H3,(H,38,46)/b11-10-,14-13-,17-12-,25-18-,29-16+,30-19+,33-20+. The van der Waals surface area contributed by atoms with Gasteiger partial charge in [0.1, 0.15) is 34.5 Å². The minimum atomic E-state index is -2.08. The summed E-state index contributed by atoms with van der Waals surface area (Å²) in [5.41, 5.74) is -0.883. The number of ether oxygens (including phenoxy) is 4. The highest BCUT2D eigenvalue weighted by molar-refractivity contribution is 6.30. The summed E-state index contributed by atoms with van der Waals surface area (Å²) in [6.07, 6.45) is 7.51. The van der Waals surface area contributed by atoms with Crippen LogP contribution in [0.3, 0.4) is 0 Å². The number of benzene rings is 1. The highest BCUT2D eigenvalue weighted by atomic mass is 16.7. The molecule has 4 aliphatic rings. The smallest absolute Gasteiger partial charge is 0.312 e. The molecule has 1 aliphatic carbocycles. The largest absolute Gasteiger partial charge is 0.507 e. The molecule has 0 aromatic heterocycles. The second-order valence-electron chi connectivity index (χ2n) is 11.9. The topological polar surface area (TPSA) is 195 Å². The van der Waals surface area contributed by atoms with Crippen molar-refractivity contribution in [3.8, 4) is 11.5 Å². The van der Waals surface area contributed by atoms with Crippen LogP contribution in [-0.4, -0.2) is 57.4 Å². The van der Waals surface area contributed by atoms with E-state index in [4.69, 9.17) is 18.9 Å². The molecule has 262 valence electrons. The molecule has 1 amide bonds. The van der Waals surface area contributed by atoms with Crippen molar-refractivity contribution >= 4 is 29.2 Å². The number of phenols is 1. The van der Waals surface area contributed by atoms with Crippen LogP contribution in [0.5, 0.6) is 11.5 Å². The zero-order chi connectivity index (χ0) is 37.4. The number of aromatic hydroxyl groups is 1. The van der Waals surface area contributed by atoms with Crippen LogP contribution in [0, 0.1) is 6.92 Å². The van der Waals surface area contributed by atoms with Crippen molar-refractivity contribution in [3.63, 3.8) is 0 Å². The number of fused-ring (bicyclic) bond motifs is 10. The lowest BCUT2D eigenvalue weighted by Gasteiger charge is -2.22. The molecule has 1 aromatic carbocycles. The van der Waals surface area contributed by atoms with E-state index in [-0.39, 0.29) is 56.4 Å². The number of Topliss-reactive ketones (excluding diaryl/α,β-unsaturated/α-hetero) is 2. The van der Waals surface area contributed by atoms with Crippen molar-refractivity contribution in [1.82, 2.24) is 5.32 Å². The molecule has 5 rings (SSSR count).